The minimum absolute atomic E-state index is 0.167. The van der Waals surface area contributed by atoms with Crippen LogP contribution in [0.15, 0.2) is 41.0 Å². The van der Waals surface area contributed by atoms with E-state index >= 15 is 0 Å². The molecule has 2 aliphatic heterocycles. The van der Waals surface area contributed by atoms with Crippen LogP contribution in [0, 0.1) is 0 Å². The molecule has 27 heavy (non-hydrogen) atoms. The molecule has 2 aliphatic rings. The lowest BCUT2D eigenvalue weighted by molar-refractivity contribution is 0.0599. The Hall–Kier alpha value is -1.98. The van der Waals surface area contributed by atoms with Crippen molar-refractivity contribution in [3.8, 4) is 11.5 Å². The molecule has 0 amide bonds. The molecule has 0 radical (unpaired) electrons. The molecule has 0 bridgehead atoms. The predicted molar refractivity (Wildman–Crippen MR) is 105 cm³/mol. The number of hydrogen-bond donors (Lipinski definition) is 1. The van der Waals surface area contributed by atoms with E-state index in [0.29, 0.717) is 12.1 Å². The molecule has 5 heteroatoms. The summed E-state index contributed by atoms with van der Waals surface area (Å²) < 4.78 is 17.1. The Morgan fingerprint density at radius 3 is 2.74 bits per heavy atom. The lowest BCUT2D eigenvalue weighted by atomic mass is 9.88. The molecule has 4 rings (SSSR count). The summed E-state index contributed by atoms with van der Waals surface area (Å²) in [5.41, 5.74) is 1.05. The molecular formula is C22H30N2O3. The predicted octanol–water partition coefficient (Wildman–Crippen LogP) is 4.14. The van der Waals surface area contributed by atoms with Crippen LogP contribution in [0.2, 0.25) is 0 Å². The Kier molecular flexibility index (Phi) is 5.15. The van der Waals surface area contributed by atoms with Gasteiger partial charge in [-0.15, -0.1) is 0 Å². The van der Waals surface area contributed by atoms with Crippen molar-refractivity contribution in [1.29, 1.82) is 0 Å². The van der Waals surface area contributed by atoms with Crippen molar-refractivity contribution in [3.05, 3.63) is 47.9 Å². The average Bonchev–Trinajstić information content (AvgIpc) is 3.15. The first-order valence-electron chi connectivity index (χ1n) is 9.90. The molecular weight excluding hydrogens is 340 g/mol. The quantitative estimate of drug-likeness (QED) is 0.857. The number of hydrogen-bond acceptors (Lipinski definition) is 5. The van der Waals surface area contributed by atoms with Crippen LogP contribution in [0.5, 0.6) is 11.5 Å². The van der Waals surface area contributed by atoms with E-state index in [4.69, 9.17) is 13.9 Å². The van der Waals surface area contributed by atoms with Gasteiger partial charge in [-0.25, -0.2) is 0 Å². The first-order valence-corrected chi connectivity index (χ1v) is 9.90. The van der Waals surface area contributed by atoms with E-state index < -0.39 is 0 Å². The monoisotopic (exact) mass is 370 g/mol. The molecule has 1 aromatic carbocycles. The molecule has 0 aliphatic carbocycles. The van der Waals surface area contributed by atoms with Crippen molar-refractivity contribution in [3.63, 3.8) is 0 Å². The van der Waals surface area contributed by atoms with Gasteiger partial charge in [0, 0.05) is 37.2 Å². The lowest BCUT2D eigenvalue weighted by Gasteiger charge is -2.41. The van der Waals surface area contributed by atoms with Crippen molar-refractivity contribution < 1.29 is 13.9 Å². The van der Waals surface area contributed by atoms with E-state index in [1.54, 1.807) is 13.4 Å². The van der Waals surface area contributed by atoms with Gasteiger partial charge in [-0.05, 0) is 57.0 Å². The van der Waals surface area contributed by atoms with E-state index in [2.05, 4.69) is 36.2 Å². The number of fused-ring (bicyclic) bond motifs is 1. The molecule has 1 N–H and O–H groups in total. The maximum Gasteiger partial charge on any atom is 0.125 e. The number of furan rings is 1. The summed E-state index contributed by atoms with van der Waals surface area (Å²) in [6.45, 7) is 7.43. The normalized spacial score (nSPS) is 22.9. The summed E-state index contributed by atoms with van der Waals surface area (Å²) in [4.78, 5) is 2.47. The Bertz CT molecular complexity index is 749. The topological polar surface area (TPSA) is 46.9 Å². The Morgan fingerprint density at radius 1 is 1.22 bits per heavy atom. The van der Waals surface area contributed by atoms with E-state index in [0.717, 1.165) is 56.2 Å². The van der Waals surface area contributed by atoms with Crippen LogP contribution in [0.4, 0.5) is 0 Å². The second-order valence-electron chi connectivity index (χ2n) is 8.32. The number of piperidine rings is 1. The average molecular weight is 370 g/mol. The molecule has 0 saturated carbocycles. The number of ether oxygens (including phenoxy) is 2. The van der Waals surface area contributed by atoms with Crippen LogP contribution in [0.25, 0.3) is 0 Å². The highest BCUT2D eigenvalue weighted by atomic mass is 16.5. The van der Waals surface area contributed by atoms with E-state index in [1.807, 2.05) is 18.2 Å². The largest absolute Gasteiger partial charge is 0.497 e. The van der Waals surface area contributed by atoms with Crippen LogP contribution < -0.4 is 14.8 Å². The molecule has 146 valence electrons. The summed E-state index contributed by atoms with van der Waals surface area (Å²) in [7, 11) is 1.71. The van der Waals surface area contributed by atoms with Gasteiger partial charge in [0.15, 0.2) is 0 Å². The Morgan fingerprint density at radius 2 is 2.04 bits per heavy atom. The van der Waals surface area contributed by atoms with Gasteiger partial charge in [-0.1, -0.05) is 0 Å². The van der Waals surface area contributed by atoms with Crippen LogP contribution in [0.3, 0.4) is 0 Å². The molecule has 1 fully saturated rings. The van der Waals surface area contributed by atoms with Crippen molar-refractivity contribution in [1.82, 2.24) is 10.2 Å². The SMILES string of the molecule is COc1ccc2c(c1)C(NC1CCN(Cc3ccco3)CC1)CC(C)(C)O2. The zero-order chi connectivity index (χ0) is 18.9. The van der Waals surface area contributed by atoms with Gasteiger partial charge in [0.25, 0.3) is 0 Å². The molecule has 1 saturated heterocycles. The zero-order valence-electron chi connectivity index (χ0n) is 16.5. The number of nitrogens with zero attached hydrogens (tertiary/aromatic N) is 1. The molecule has 1 unspecified atom stereocenters. The van der Waals surface area contributed by atoms with Gasteiger partial charge in [0.1, 0.15) is 22.9 Å². The number of nitrogens with one attached hydrogen (secondary N) is 1. The molecule has 1 aromatic heterocycles. The summed E-state index contributed by atoms with van der Waals surface area (Å²) in [5.74, 6) is 2.91. The van der Waals surface area contributed by atoms with Gasteiger partial charge >= 0.3 is 0 Å². The van der Waals surface area contributed by atoms with E-state index in [1.165, 1.54) is 5.56 Å². The fourth-order valence-corrected chi connectivity index (χ4v) is 4.27. The zero-order valence-corrected chi connectivity index (χ0v) is 16.5. The highest BCUT2D eigenvalue weighted by Crippen LogP contribution is 2.41. The number of likely N-dealkylation sites (tertiary alicyclic amines) is 1. The third kappa shape index (κ3) is 4.30. The van der Waals surface area contributed by atoms with Gasteiger partial charge in [0.05, 0.1) is 19.9 Å². The summed E-state index contributed by atoms with van der Waals surface area (Å²) in [5, 5.41) is 3.91. The first kappa shape index (κ1) is 18.4. The van der Waals surface area contributed by atoms with E-state index in [9.17, 15) is 0 Å². The van der Waals surface area contributed by atoms with Crippen LogP contribution in [-0.2, 0) is 6.54 Å². The third-order valence-electron chi connectivity index (χ3n) is 5.66. The van der Waals surface area contributed by atoms with Gasteiger partial charge in [0.2, 0.25) is 0 Å². The maximum atomic E-state index is 6.20. The Balaban J connectivity index is 1.40. The summed E-state index contributed by atoms with van der Waals surface area (Å²) in [6, 6.07) is 11.0. The van der Waals surface area contributed by atoms with Gasteiger partial charge in [-0.3, -0.25) is 4.90 Å². The second-order valence-corrected chi connectivity index (χ2v) is 8.32. The second kappa shape index (κ2) is 7.56. The van der Waals surface area contributed by atoms with Crippen LogP contribution >= 0.6 is 0 Å². The standard InChI is InChI=1S/C22H30N2O3/c1-22(2)14-20(19-13-17(25-3)6-7-21(19)27-22)23-16-8-10-24(11-9-16)15-18-5-4-12-26-18/h4-7,12-13,16,20,23H,8-11,14-15H2,1-3H3. The summed E-state index contributed by atoms with van der Waals surface area (Å²) >= 11 is 0. The molecule has 0 spiro atoms. The number of rotatable bonds is 5. The third-order valence-corrected chi connectivity index (χ3v) is 5.66. The number of methoxy groups -OCH3 is 1. The van der Waals surface area contributed by atoms with Crippen LogP contribution in [0.1, 0.15) is 50.5 Å². The van der Waals surface area contributed by atoms with Crippen molar-refractivity contribution in [2.24, 2.45) is 0 Å². The van der Waals surface area contributed by atoms with Gasteiger partial charge in [-0.2, -0.15) is 0 Å². The summed E-state index contributed by atoms with van der Waals surface area (Å²) in [6.07, 6.45) is 5.01. The minimum atomic E-state index is -0.167. The molecule has 5 nitrogen and oxygen atoms in total. The highest BCUT2D eigenvalue weighted by Gasteiger charge is 2.35. The first-order chi connectivity index (χ1) is 13.0. The molecule has 2 aromatic rings. The number of benzene rings is 1. The van der Waals surface area contributed by atoms with E-state index in [-0.39, 0.29) is 5.60 Å². The Labute approximate surface area is 161 Å². The van der Waals surface area contributed by atoms with Gasteiger partial charge < -0.3 is 19.2 Å². The molecule has 1 atom stereocenters. The smallest absolute Gasteiger partial charge is 0.125 e. The van der Waals surface area contributed by atoms with Crippen LogP contribution in [-0.4, -0.2) is 36.7 Å². The van der Waals surface area contributed by atoms with Crippen molar-refractivity contribution in [2.75, 3.05) is 20.2 Å². The van der Waals surface area contributed by atoms with Crippen molar-refractivity contribution in [2.45, 2.75) is 57.3 Å². The molecule has 3 heterocycles. The highest BCUT2D eigenvalue weighted by molar-refractivity contribution is 5.44. The minimum Gasteiger partial charge on any atom is -0.497 e. The lowest BCUT2D eigenvalue weighted by Crippen LogP contribution is -2.46. The fraction of sp³-hybridized carbons (Fsp3) is 0.545. The maximum absolute atomic E-state index is 6.20. The van der Waals surface area contributed by atoms with Crippen molar-refractivity contribution >= 4 is 0 Å². The fourth-order valence-electron chi connectivity index (χ4n) is 4.27.